The first-order valence-corrected chi connectivity index (χ1v) is 5.54. The number of anilines is 1. The lowest BCUT2D eigenvalue weighted by atomic mass is 10.1. The smallest absolute Gasteiger partial charge is 0.0503 e. The van der Waals surface area contributed by atoms with Crippen LogP contribution in [0.25, 0.3) is 0 Å². The number of nitrogens with one attached hydrogen (secondary N) is 1. The Morgan fingerprint density at radius 3 is 2.67 bits per heavy atom. The third-order valence-electron chi connectivity index (χ3n) is 2.29. The van der Waals surface area contributed by atoms with Crippen LogP contribution in [0, 0.1) is 5.92 Å². The molecule has 1 N–H and O–H groups in total. The van der Waals surface area contributed by atoms with E-state index in [9.17, 15) is 0 Å². The van der Waals surface area contributed by atoms with E-state index >= 15 is 0 Å². The minimum atomic E-state index is 0.667. The lowest BCUT2D eigenvalue weighted by Gasteiger charge is -2.13. The Bertz CT molecular complexity index is 284. The first kappa shape index (κ1) is 12.1. The zero-order chi connectivity index (χ0) is 11.1. The van der Waals surface area contributed by atoms with E-state index in [1.165, 1.54) is 11.3 Å². The van der Waals surface area contributed by atoms with Crippen molar-refractivity contribution in [3.05, 3.63) is 29.8 Å². The summed E-state index contributed by atoms with van der Waals surface area (Å²) in [6.07, 6.45) is 0.970. The summed E-state index contributed by atoms with van der Waals surface area (Å²) >= 11 is 0. The molecule has 0 amide bonds. The summed E-state index contributed by atoms with van der Waals surface area (Å²) < 4.78 is 5.10. The van der Waals surface area contributed by atoms with Gasteiger partial charge in [-0.05, 0) is 24.0 Å². The largest absolute Gasteiger partial charge is 0.385 e. The maximum atomic E-state index is 5.10. The van der Waals surface area contributed by atoms with Gasteiger partial charge in [0, 0.05) is 19.3 Å². The molecule has 0 spiro atoms. The Kier molecular flexibility index (Phi) is 5.19. The fourth-order valence-corrected chi connectivity index (χ4v) is 1.44. The molecule has 0 heterocycles. The lowest BCUT2D eigenvalue weighted by Crippen LogP contribution is -2.10. The highest BCUT2D eigenvalue weighted by Crippen LogP contribution is 2.16. The van der Waals surface area contributed by atoms with Crippen LogP contribution < -0.4 is 5.32 Å². The lowest BCUT2D eigenvalue weighted by molar-refractivity contribution is 0.202. The summed E-state index contributed by atoms with van der Waals surface area (Å²) in [7, 11) is 1.74. The third-order valence-corrected chi connectivity index (χ3v) is 2.29. The molecule has 0 saturated heterocycles. The van der Waals surface area contributed by atoms with Gasteiger partial charge in [-0.25, -0.2) is 0 Å². The first-order chi connectivity index (χ1) is 7.24. The zero-order valence-electron chi connectivity index (χ0n) is 9.92. The second kappa shape index (κ2) is 6.46. The van der Waals surface area contributed by atoms with Crippen molar-refractivity contribution in [1.82, 2.24) is 0 Å². The van der Waals surface area contributed by atoms with E-state index in [-0.39, 0.29) is 0 Å². The van der Waals surface area contributed by atoms with Gasteiger partial charge in [-0.1, -0.05) is 32.0 Å². The monoisotopic (exact) mass is 207 g/mol. The first-order valence-electron chi connectivity index (χ1n) is 5.54. The van der Waals surface area contributed by atoms with Crippen LogP contribution in [-0.2, 0) is 11.2 Å². The number of ether oxygens (including phenoxy) is 1. The average Bonchev–Trinajstić information content (AvgIpc) is 2.24. The second-order valence-electron chi connectivity index (χ2n) is 4.17. The normalized spacial score (nSPS) is 10.7. The van der Waals surface area contributed by atoms with Crippen LogP contribution in [0.3, 0.4) is 0 Å². The summed E-state index contributed by atoms with van der Waals surface area (Å²) in [4.78, 5) is 0. The molecule has 2 heteroatoms. The van der Waals surface area contributed by atoms with Crippen LogP contribution in [-0.4, -0.2) is 20.3 Å². The van der Waals surface area contributed by atoms with E-state index in [1.807, 2.05) is 0 Å². The van der Waals surface area contributed by atoms with Gasteiger partial charge in [-0.3, -0.25) is 0 Å². The molecule has 15 heavy (non-hydrogen) atoms. The average molecular weight is 207 g/mol. The maximum absolute atomic E-state index is 5.10. The molecule has 0 saturated carbocycles. The summed E-state index contributed by atoms with van der Waals surface area (Å²) in [5, 5.41) is 3.47. The molecule has 0 fully saturated rings. The SMILES string of the molecule is COCCc1ccccc1NCC(C)C. The molecular weight excluding hydrogens is 186 g/mol. The summed E-state index contributed by atoms with van der Waals surface area (Å²) in [5.41, 5.74) is 2.57. The van der Waals surface area contributed by atoms with Gasteiger partial charge >= 0.3 is 0 Å². The van der Waals surface area contributed by atoms with Gasteiger partial charge in [0.25, 0.3) is 0 Å². The fraction of sp³-hybridized carbons (Fsp3) is 0.538. The highest BCUT2D eigenvalue weighted by molar-refractivity contribution is 5.51. The molecule has 0 radical (unpaired) electrons. The molecule has 0 aromatic heterocycles. The van der Waals surface area contributed by atoms with Crippen LogP contribution in [0.1, 0.15) is 19.4 Å². The van der Waals surface area contributed by atoms with E-state index in [1.54, 1.807) is 7.11 Å². The standard InChI is InChI=1S/C13H21NO/c1-11(2)10-14-13-7-5-4-6-12(13)8-9-15-3/h4-7,11,14H,8-10H2,1-3H3. The van der Waals surface area contributed by atoms with Gasteiger partial charge in [-0.15, -0.1) is 0 Å². The summed E-state index contributed by atoms with van der Waals surface area (Å²) in [5.74, 6) is 0.667. The van der Waals surface area contributed by atoms with Crippen molar-refractivity contribution in [2.45, 2.75) is 20.3 Å². The van der Waals surface area contributed by atoms with Gasteiger partial charge in [-0.2, -0.15) is 0 Å². The van der Waals surface area contributed by atoms with Crippen molar-refractivity contribution in [1.29, 1.82) is 0 Å². The highest BCUT2D eigenvalue weighted by Gasteiger charge is 2.01. The van der Waals surface area contributed by atoms with E-state index in [2.05, 4.69) is 43.4 Å². The van der Waals surface area contributed by atoms with Crippen molar-refractivity contribution in [2.75, 3.05) is 25.6 Å². The molecule has 1 aromatic carbocycles. The van der Waals surface area contributed by atoms with Crippen molar-refractivity contribution in [3.8, 4) is 0 Å². The quantitative estimate of drug-likeness (QED) is 0.774. The van der Waals surface area contributed by atoms with Crippen molar-refractivity contribution in [3.63, 3.8) is 0 Å². The minimum absolute atomic E-state index is 0.667. The van der Waals surface area contributed by atoms with Gasteiger partial charge in [0.05, 0.1) is 6.61 Å². The van der Waals surface area contributed by atoms with E-state index < -0.39 is 0 Å². The molecule has 0 aliphatic rings. The molecule has 0 bridgehead atoms. The number of rotatable bonds is 6. The summed E-state index contributed by atoms with van der Waals surface area (Å²) in [6.45, 7) is 6.22. The zero-order valence-corrected chi connectivity index (χ0v) is 9.92. The van der Waals surface area contributed by atoms with Gasteiger partial charge < -0.3 is 10.1 Å². The van der Waals surface area contributed by atoms with Crippen molar-refractivity contribution < 1.29 is 4.74 Å². The van der Waals surface area contributed by atoms with Crippen LogP contribution in [0.15, 0.2) is 24.3 Å². The van der Waals surface area contributed by atoms with Gasteiger partial charge in [0.2, 0.25) is 0 Å². The molecule has 2 nitrogen and oxygen atoms in total. The molecule has 0 aliphatic carbocycles. The predicted octanol–water partition coefficient (Wildman–Crippen LogP) is 2.94. The van der Waals surface area contributed by atoms with Crippen LogP contribution >= 0.6 is 0 Å². The van der Waals surface area contributed by atoms with Gasteiger partial charge in [0.15, 0.2) is 0 Å². The molecule has 0 unspecified atom stereocenters. The third kappa shape index (κ3) is 4.34. The van der Waals surface area contributed by atoms with Crippen molar-refractivity contribution in [2.24, 2.45) is 5.92 Å². The highest BCUT2D eigenvalue weighted by atomic mass is 16.5. The molecule has 84 valence electrons. The number of benzene rings is 1. The van der Waals surface area contributed by atoms with Crippen LogP contribution in [0.4, 0.5) is 5.69 Å². The molecule has 1 aromatic rings. The Hall–Kier alpha value is -1.02. The Morgan fingerprint density at radius 1 is 1.27 bits per heavy atom. The predicted molar refractivity (Wildman–Crippen MR) is 65.3 cm³/mol. The Balaban J connectivity index is 2.59. The molecule has 1 rings (SSSR count). The Morgan fingerprint density at radius 2 is 2.00 bits per heavy atom. The van der Waals surface area contributed by atoms with Crippen LogP contribution in [0.5, 0.6) is 0 Å². The molecular formula is C13H21NO. The second-order valence-corrected chi connectivity index (χ2v) is 4.17. The van der Waals surface area contributed by atoms with Crippen molar-refractivity contribution >= 4 is 5.69 Å². The van der Waals surface area contributed by atoms with E-state index in [0.717, 1.165) is 19.6 Å². The summed E-state index contributed by atoms with van der Waals surface area (Å²) in [6, 6.07) is 8.43. The number of methoxy groups -OCH3 is 1. The molecule has 0 aliphatic heterocycles. The van der Waals surface area contributed by atoms with E-state index in [4.69, 9.17) is 4.74 Å². The van der Waals surface area contributed by atoms with Gasteiger partial charge in [0.1, 0.15) is 0 Å². The molecule has 0 atom stereocenters. The Labute approximate surface area is 92.6 Å². The minimum Gasteiger partial charge on any atom is -0.385 e. The van der Waals surface area contributed by atoms with E-state index in [0.29, 0.717) is 5.92 Å². The number of hydrogen-bond acceptors (Lipinski definition) is 2. The van der Waals surface area contributed by atoms with Crippen LogP contribution in [0.2, 0.25) is 0 Å². The topological polar surface area (TPSA) is 21.3 Å². The fourth-order valence-electron chi connectivity index (χ4n) is 1.44. The number of hydrogen-bond donors (Lipinski definition) is 1. The number of para-hydroxylation sites is 1. The maximum Gasteiger partial charge on any atom is 0.0503 e.